The highest BCUT2D eigenvalue weighted by Gasteiger charge is 2.23. The fourth-order valence-corrected chi connectivity index (χ4v) is 4.05. The van der Waals surface area contributed by atoms with E-state index in [2.05, 4.69) is 16.8 Å². The van der Waals surface area contributed by atoms with Crippen LogP contribution in [-0.2, 0) is 6.42 Å². The molecular formula is C15H14ClNO2S. The molecule has 0 fully saturated rings. The third-order valence-corrected chi connectivity index (χ3v) is 5.15. The fraction of sp³-hybridized carbons (Fsp3) is 0.333. The van der Waals surface area contributed by atoms with Crippen LogP contribution in [0.25, 0.3) is 0 Å². The van der Waals surface area contributed by atoms with E-state index in [1.54, 1.807) is 0 Å². The minimum atomic E-state index is 0.271. The van der Waals surface area contributed by atoms with E-state index in [-0.39, 0.29) is 6.79 Å². The highest BCUT2D eigenvalue weighted by atomic mass is 35.5. The predicted molar refractivity (Wildman–Crippen MR) is 81.2 cm³/mol. The van der Waals surface area contributed by atoms with Crippen LogP contribution >= 0.6 is 22.9 Å². The summed E-state index contributed by atoms with van der Waals surface area (Å²) >= 11 is 8.18. The number of rotatable bonds is 2. The second-order valence-corrected chi connectivity index (χ2v) is 6.48. The number of halogens is 1. The summed E-state index contributed by atoms with van der Waals surface area (Å²) in [7, 11) is 0. The van der Waals surface area contributed by atoms with Gasteiger partial charge in [-0.1, -0.05) is 11.6 Å². The van der Waals surface area contributed by atoms with Crippen LogP contribution in [0.15, 0.2) is 23.6 Å². The number of nitrogens with one attached hydrogen (secondary N) is 1. The molecule has 2 aromatic rings. The molecule has 4 rings (SSSR count). The van der Waals surface area contributed by atoms with Crippen molar-refractivity contribution < 1.29 is 9.47 Å². The first-order chi connectivity index (χ1) is 9.81. The Morgan fingerprint density at radius 2 is 2.10 bits per heavy atom. The molecule has 2 aliphatic rings. The number of thiophene rings is 1. The summed E-state index contributed by atoms with van der Waals surface area (Å²) in [5.74, 6) is 1.48. The number of ether oxygens (including phenoxy) is 2. The van der Waals surface area contributed by atoms with Gasteiger partial charge in [-0.2, -0.15) is 0 Å². The van der Waals surface area contributed by atoms with Crippen molar-refractivity contribution in [3.05, 3.63) is 39.0 Å². The molecule has 5 heteroatoms. The van der Waals surface area contributed by atoms with Crippen molar-refractivity contribution in [1.29, 1.82) is 0 Å². The van der Waals surface area contributed by atoms with Crippen molar-refractivity contribution in [1.82, 2.24) is 0 Å². The summed E-state index contributed by atoms with van der Waals surface area (Å²) in [4.78, 5) is 1.49. The van der Waals surface area contributed by atoms with Gasteiger partial charge < -0.3 is 14.8 Å². The van der Waals surface area contributed by atoms with E-state index < -0.39 is 0 Å². The van der Waals surface area contributed by atoms with Gasteiger partial charge in [0.25, 0.3) is 0 Å². The molecule has 1 atom stereocenters. The number of hydrogen-bond donors (Lipinski definition) is 1. The van der Waals surface area contributed by atoms with E-state index in [9.17, 15) is 0 Å². The van der Waals surface area contributed by atoms with Crippen molar-refractivity contribution in [2.75, 3.05) is 12.1 Å². The quantitative estimate of drug-likeness (QED) is 0.878. The van der Waals surface area contributed by atoms with Gasteiger partial charge in [0.05, 0.1) is 16.8 Å². The lowest BCUT2D eigenvalue weighted by Gasteiger charge is -2.25. The number of hydrogen-bond acceptors (Lipinski definition) is 4. The molecule has 1 aliphatic carbocycles. The molecule has 0 spiro atoms. The maximum Gasteiger partial charge on any atom is 0.231 e. The fourth-order valence-electron chi connectivity index (χ4n) is 2.85. The molecule has 3 nitrogen and oxygen atoms in total. The zero-order chi connectivity index (χ0) is 13.5. The third kappa shape index (κ3) is 2.03. The van der Waals surface area contributed by atoms with E-state index >= 15 is 0 Å². The summed E-state index contributed by atoms with van der Waals surface area (Å²) in [6.45, 7) is 0.271. The van der Waals surface area contributed by atoms with Gasteiger partial charge in [-0.05, 0) is 36.3 Å². The predicted octanol–water partition coefficient (Wildman–Crippen LogP) is 4.62. The van der Waals surface area contributed by atoms with Crippen LogP contribution in [0.4, 0.5) is 5.69 Å². The summed E-state index contributed by atoms with van der Waals surface area (Å²) in [5.41, 5.74) is 2.33. The lowest BCUT2D eigenvalue weighted by atomic mass is 9.94. The maximum atomic E-state index is 6.33. The van der Waals surface area contributed by atoms with Crippen molar-refractivity contribution in [3.63, 3.8) is 0 Å². The van der Waals surface area contributed by atoms with Gasteiger partial charge in [-0.25, -0.2) is 0 Å². The van der Waals surface area contributed by atoms with Gasteiger partial charge >= 0.3 is 0 Å². The average molecular weight is 308 g/mol. The van der Waals surface area contributed by atoms with Gasteiger partial charge in [-0.15, -0.1) is 11.3 Å². The number of anilines is 1. The highest BCUT2D eigenvalue weighted by Crippen LogP contribution is 2.42. The van der Waals surface area contributed by atoms with Gasteiger partial charge in [0, 0.05) is 17.0 Å². The zero-order valence-electron chi connectivity index (χ0n) is 10.8. The van der Waals surface area contributed by atoms with Crippen molar-refractivity contribution in [2.45, 2.75) is 25.3 Å². The molecule has 20 heavy (non-hydrogen) atoms. The molecule has 0 saturated heterocycles. The minimum Gasteiger partial charge on any atom is -0.454 e. The van der Waals surface area contributed by atoms with Gasteiger partial charge in [0.15, 0.2) is 11.5 Å². The largest absolute Gasteiger partial charge is 0.454 e. The van der Waals surface area contributed by atoms with Crippen LogP contribution in [-0.4, -0.2) is 6.79 Å². The van der Waals surface area contributed by atoms with Crippen LogP contribution in [0.2, 0.25) is 5.02 Å². The van der Waals surface area contributed by atoms with Crippen molar-refractivity contribution in [3.8, 4) is 11.5 Å². The van der Waals surface area contributed by atoms with Crippen molar-refractivity contribution in [2.24, 2.45) is 0 Å². The summed E-state index contributed by atoms with van der Waals surface area (Å²) in [5, 5.41) is 6.41. The Kier molecular flexibility index (Phi) is 3.00. The average Bonchev–Trinajstić information content (AvgIpc) is 3.07. The second kappa shape index (κ2) is 4.86. The summed E-state index contributed by atoms with van der Waals surface area (Å²) in [6, 6.07) is 6.31. The normalized spacial score (nSPS) is 19.8. The molecule has 1 unspecified atom stereocenters. The smallest absolute Gasteiger partial charge is 0.231 e. The van der Waals surface area contributed by atoms with Gasteiger partial charge in [-0.3, -0.25) is 0 Å². The first-order valence-electron chi connectivity index (χ1n) is 6.73. The lowest BCUT2D eigenvalue weighted by Crippen LogP contribution is -2.15. The maximum absolute atomic E-state index is 6.33. The number of aryl methyl sites for hydroxylation is 1. The van der Waals surface area contributed by atoms with Crippen LogP contribution in [0.5, 0.6) is 11.5 Å². The Morgan fingerprint density at radius 3 is 3.00 bits per heavy atom. The molecule has 0 amide bonds. The number of benzene rings is 1. The SMILES string of the molecule is Clc1cc2c(cc1NC1CCCc3sccc31)OCO2. The topological polar surface area (TPSA) is 30.5 Å². The Balaban J connectivity index is 1.64. The first-order valence-corrected chi connectivity index (χ1v) is 7.99. The molecule has 1 aromatic carbocycles. The Hall–Kier alpha value is -1.39. The standard InChI is InChI=1S/C15H14ClNO2S/c16-10-6-13-14(19-8-18-13)7-12(10)17-11-2-1-3-15-9(11)4-5-20-15/h4-7,11,17H,1-3,8H2. The van der Waals surface area contributed by atoms with E-state index in [4.69, 9.17) is 21.1 Å². The Labute approximate surface area is 126 Å². The molecular weight excluding hydrogens is 294 g/mol. The monoisotopic (exact) mass is 307 g/mol. The Morgan fingerprint density at radius 1 is 1.25 bits per heavy atom. The van der Waals surface area contributed by atoms with Gasteiger partial charge in [0.2, 0.25) is 6.79 Å². The Bertz CT molecular complexity index is 655. The molecule has 1 aliphatic heterocycles. The first kappa shape index (κ1) is 12.4. The van der Waals surface area contributed by atoms with E-state index in [1.807, 2.05) is 23.5 Å². The minimum absolute atomic E-state index is 0.271. The zero-order valence-corrected chi connectivity index (χ0v) is 12.4. The van der Waals surface area contributed by atoms with Crippen LogP contribution < -0.4 is 14.8 Å². The second-order valence-electron chi connectivity index (χ2n) is 5.07. The molecule has 104 valence electrons. The molecule has 1 N–H and O–H groups in total. The molecule has 2 heterocycles. The molecule has 0 saturated carbocycles. The molecule has 0 bridgehead atoms. The van der Waals surface area contributed by atoms with Crippen molar-refractivity contribution >= 4 is 28.6 Å². The van der Waals surface area contributed by atoms with Crippen LogP contribution in [0.3, 0.4) is 0 Å². The highest BCUT2D eigenvalue weighted by molar-refractivity contribution is 7.10. The van der Waals surface area contributed by atoms with Crippen LogP contribution in [0.1, 0.15) is 29.3 Å². The van der Waals surface area contributed by atoms with Gasteiger partial charge in [0.1, 0.15) is 0 Å². The summed E-state index contributed by atoms with van der Waals surface area (Å²) < 4.78 is 10.8. The lowest BCUT2D eigenvalue weighted by molar-refractivity contribution is 0.174. The van der Waals surface area contributed by atoms with Crippen LogP contribution in [0, 0.1) is 0 Å². The molecule has 0 radical (unpaired) electrons. The summed E-state index contributed by atoms with van der Waals surface area (Å²) in [6.07, 6.45) is 3.54. The third-order valence-electron chi connectivity index (χ3n) is 3.84. The van der Waals surface area contributed by atoms with E-state index in [1.165, 1.54) is 23.3 Å². The molecule has 1 aromatic heterocycles. The van der Waals surface area contributed by atoms with E-state index in [0.29, 0.717) is 11.1 Å². The van der Waals surface area contributed by atoms with E-state index in [0.717, 1.165) is 23.6 Å². The number of fused-ring (bicyclic) bond motifs is 2.